The van der Waals surface area contributed by atoms with Gasteiger partial charge in [0.15, 0.2) is 0 Å². The van der Waals surface area contributed by atoms with E-state index in [1.165, 1.54) is 0 Å². The van der Waals surface area contributed by atoms with Crippen LogP contribution in [0.3, 0.4) is 0 Å². The van der Waals surface area contributed by atoms with Gasteiger partial charge in [-0.1, -0.05) is 19.1 Å². The number of carbonyl (C=O) groups is 1. The van der Waals surface area contributed by atoms with Crippen molar-refractivity contribution in [2.75, 3.05) is 26.2 Å². The van der Waals surface area contributed by atoms with Crippen LogP contribution in [0.5, 0.6) is 0 Å². The van der Waals surface area contributed by atoms with Gasteiger partial charge in [0.2, 0.25) is 0 Å². The van der Waals surface area contributed by atoms with E-state index in [4.69, 9.17) is 5.11 Å². The Balaban J connectivity index is 2.01. The number of aromatic carboxylic acids is 1. The number of likely N-dealkylation sites (N-methyl/N-ethyl adjacent to an activating group) is 1. The summed E-state index contributed by atoms with van der Waals surface area (Å²) in [5.74, 6) is -0.856. The highest BCUT2D eigenvalue weighted by Crippen LogP contribution is 2.14. The largest absolute Gasteiger partial charge is 0.478 e. The van der Waals surface area contributed by atoms with Gasteiger partial charge < -0.3 is 10.0 Å². The van der Waals surface area contributed by atoms with Crippen LogP contribution in [-0.2, 0) is 6.54 Å². The molecular weight excluding hydrogens is 240 g/mol. The lowest BCUT2D eigenvalue weighted by Crippen LogP contribution is -2.51. The van der Waals surface area contributed by atoms with E-state index in [9.17, 15) is 4.79 Å². The molecule has 0 saturated carbocycles. The van der Waals surface area contributed by atoms with E-state index in [1.807, 2.05) is 12.1 Å². The number of carboxylic acids is 1. The van der Waals surface area contributed by atoms with Gasteiger partial charge in [0.05, 0.1) is 5.56 Å². The summed E-state index contributed by atoms with van der Waals surface area (Å²) in [7, 11) is 0. The summed E-state index contributed by atoms with van der Waals surface area (Å²) in [5, 5.41) is 9.01. The molecule has 0 amide bonds. The maximum Gasteiger partial charge on any atom is 0.335 e. The third kappa shape index (κ3) is 3.55. The van der Waals surface area contributed by atoms with E-state index >= 15 is 0 Å². The van der Waals surface area contributed by atoms with Crippen LogP contribution >= 0.6 is 0 Å². The molecule has 104 valence electrons. The molecule has 0 aromatic heterocycles. The predicted octanol–water partition coefficient (Wildman–Crippen LogP) is 1.91. The number of rotatable bonds is 4. The van der Waals surface area contributed by atoms with Crippen LogP contribution in [0.25, 0.3) is 0 Å². The van der Waals surface area contributed by atoms with Gasteiger partial charge in [-0.3, -0.25) is 4.90 Å². The van der Waals surface area contributed by atoms with Gasteiger partial charge in [-0.05, 0) is 31.2 Å². The average molecular weight is 262 g/mol. The van der Waals surface area contributed by atoms with Crippen LogP contribution in [0.1, 0.15) is 29.8 Å². The molecule has 1 atom stereocenters. The second-order valence-electron chi connectivity index (χ2n) is 5.22. The number of carboxylic acid groups (broad SMARTS) is 1. The molecule has 19 heavy (non-hydrogen) atoms. The molecule has 1 saturated heterocycles. The van der Waals surface area contributed by atoms with Crippen molar-refractivity contribution in [1.29, 1.82) is 0 Å². The van der Waals surface area contributed by atoms with Crippen LogP contribution < -0.4 is 0 Å². The first kappa shape index (κ1) is 14.0. The van der Waals surface area contributed by atoms with Crippen molar-refractivity contribution in [3.63, 3.8) is 0 Å². The van der Waals surface area contributed by atoms with Crippen molar-refractivity contribution in [2.45, 2.75) is 26.4 Å². The minimum Gasteiger partial charge on any atom is -0.478 e. The molecule has 1 aliphatic rings. The Hall–Kier alpha value is -1.39. The lowest BCUT2D eigenvalue weighted by molar-refractivity contribution is 0.0695. The normalized spacial score (nSPS) is 21.5. The van der Waals surface area contributed by atoms with E-state index in [-0.39, 0.29) is 0 Å². The number of nitrogens with zero attached hydrogens (tertiary/aromatic N) is 2. The Kier molecular flexibility index (Phi) is 4.56. The monoisotopic (exact) mass is 262 g/mol. The molecule has 1 aromatic rings. The summed E-state index contributed by atoms with van der Waals surface area (Å²) in [6.07, 6.45) is 0. The Bertz CT molecular complexity index is 448. The highest BCUT2D eigenvalue weighted by molar-refractivity contribution is 5.87. The fraction of sp³-hybridized carbons (Fsp3) is 0.533. The predicted molar refractivity (Wildman–Crippen MR) is 75.4 cm³/mol. The van der Waals surface area contributed by atoms with E-state index in [2.05, 4.69) is 23.6 Å². The molecule has 4 nitrogen and oxygen atoms in total. The van der Waals surface area contributed by atoms with E-state index in [1.54, 1.807) is 12.1 Å². The Labute approximate surface area is 114 Å². The number of piperazine rings is 1. The lowest BCUT2D eigenvalue weighted by Gasteiger charge is -2.39. The number of hydrogen-bond donors (Lipinski definition) is 1. The van der Waals surface area contributed by atoms with Gasteiger partial charge in [-0.25, -0.2) is 4.79 Å². The summed E-state index contributed by atoms with van der Waals surface area (Å²) in [4.78, 5) is 15.8. The van der Waals surface area contributed by atoms with Crippen molar-refractivity contribution >= 4 is 5.97 Å². The SMILES string of the molecule is CCN1CCN(Cc2cccc(C(=O)O)c2)C(C)C1. The number of benzene rings is 1. The van der Waals surface area contributed by atoms with E-state index < -0.39 is 5.97 Å². The minimum absolute atomic E-state index is 0.373. The zero-order valence-electron chi connectivity index (χ0n) is 11.7. The van der Waals surface area contributed by atoms with Crippen LogP contribution in [0.4, 0.5) is 0 Å². The van der Waals surface area contributed by atoms with Gasteiger partial charge in [0.25, 0.3) is 0 Å². The number of hydrogen-bond acceptors (Lipinski definition) is 3. The zero-order chi connectivity index (χ0) is 13.8. The highest BCUT2D eigenvalue weighted by atomic mass is 16.4. The fourth-order valence-electron chi connectivity index (χ4n) is 2.63. The molecule has 1 unspecified atom stereocenters. The highest BCUT2D eigenvalue weighted by Gasteiger charge is 2.22. The molecule has 0 radical (unpaired) electrons. The molecule has 4 heteroatoms. The minimum atomic E-state index is -0.856. The van der Waals surface area contributed by atoms with Crippen molar-refractivity contribution in [2.24, 2.45) is 0 Å². The van der Waals surface area contributed by atoms with Gasteiger partial charge in [-0.15, -0.1) is 0 Å². The van der Waals surface area contributed by atoms with Crippen molar-refractivity contribution < 1.29 is 9.90 Å². The standard InChI is InChI=1S/C15H22N2O2/c1-3-16-7-8-17(12(2)10-16)11-13-5-4-6-14(9-13)15(18)19/h4-6,9,12H,3,7-8,10-11H2,1-2H3,(H,18,19). The smallest absolute Gasteiger partial charge is 0.335 e. The summed E-state index contributed by atoms with van der Waals surface area (Å²) < 4.78 is 0. The Morgan fingerprint density at radius 2 is 2.21 bits per heavy atom. The van der Waals surface area contributed by atoms with Crippen molar-refractivity contribution in [1.82, 2.24) is 9.80 Å². The zero-order valence-corrected chi connectivity index (χ0v) is 11.7. The summed E-state index contributed by atoms with van der Waals surface area (Å²) >= 11 is 0. The van der Waals surface area contributed by atoms with Gasteiger partial charge in [0, 0.05) is 32.2 Å². The third-order valence-corrected chi connectivity index (χ3v) is 3.86. The van der Waals surface area contributed by atoms with Crippen molar-refractivity contribution in [3.8, 4) is 0 Å². The molecule has 1 aliphatic heterocycles. The first-order valence-corrected chi connectivity index (χ1v) is 6.88. The van der Waals surface area contributed by atoms with Crippen LogP contribution in [0, 0.1) is 0 Å². The van der Waals surface area contributed by atoms with E-state index in [0.717, 1.165) is 38.3 Å². The van der Waals surface area contributed by atoms with Crippen LogP contribution in [0.2, 0.25) is 0 Å². The summed E-state index contributed by atoms with van der Waals surface area (Å²) in [5.41, 5.74) is 1.45. The maximum atomic E-state index is 11.0. The molecule has 1 aromatic carbocycles. The third-order valence-electron chi connectivity index (χ3n) is 3.86. The molecular formula is C15H22N2O2. The van der Waals surface area contributed by atoms with Gasteiger partial charge >= 0.3 is 5.97 Å². The van der Waals surface area contributed by atoms with Crippen LogP contribution in [-0.4, -0.2) is 53.1 Å². The lowest BCUT2D eigenvalue weighted by atomic mass is 10.1. The van der Waals surface area contributed by atoms with Crippen LogP contribution in [0.15, 0.2) is 24.3 Å². The topological polar surface area (TPSA) is 43.8 Å². The second kappa shape index (κ2) is 6.17. The molecule has 0 bridgehead atoms. The molecule has 1 fully saturated rings. The molecule has 0 aliphatic carbocycles. The Morgan fingerprint density at radius 1 is 1.42 bits per heavy atom. The van der Waals surface area contributed by atoms with E-state index in [0.29, 0.717) is 11.6 Å². The Morgan fingerprint density at radius 3 is 2.84 bits per heavy atom. The second-order valence-corrected chi connectivity index (χ2v) is 5.22. The average Bonchev–Trinajstić information content (AvgIpc) is 2.41. The molecule has 1 N–H and O–H groups in total. The summed E-state index contributed by atoms with van der Waals surface area (Å²) in [6, 6.07) is 7.77. The molecule has 2 rings (SSSR count). The fourth-order valence-corrected chi connectivity index (χ4v) is 2.63. The maximum absolute atomic E-state index is 11.0. The van der Waals surface area contributed by atoms with Crippen molar-refractivity contribution in [3.05, 3.63) is 35.4 Å². The van der Waals surface area contributed by atoms with Gasteiger partial charge in [0.1, 0.15) is 0 Å². The first-order chi connectivity index (χ1) is 9.10. The van der Waals surface area contributed by atoms with Gasteiger partial charge in [-0.2, -0.15) is 0 Å². The first-order valence-electron chi connectivity index (χ1n) is 6.88. The molecule has 0 spiro atoms. The summed E-state index contributed by atoms with van der Waals surface area (Å²) in [6.45, 7) is 9.61. The molecule has 1 heterocycles. The quantitative estimate of drug-likeness (QED) is 0.900.